The van der Waals surface area contributed by atoms with E-state index in [1.54, 1.807) is 24.3 Å². The molecule has 1 aliphatic rings. The predicted molar refractivity (Wildman–Crippen MR) is 121 cm³/mol. The maximum Gasteiger partial charge on any atom is 0.243 e. The van der Waals surface area contributed by atoms with Crippen molar-refractivity contribution in [3.05, 3.63) is 58.1 Å². The van der Waals surface area contributed by atoms with Gasteiger partial charge in [0, 0.05) is 13.0 Å². The summed E-state index contributed by atoms with van der Waals surface area (Å²) in [5.41, 5.74) is 3.71. The van der Waals surface area contributed by atoms with Gasteiger partial charge in [0.25, 0.3) is 0 Å². The molecule has 0 heterocycles. The van der Waals surface area contributed by atoms with Gasteiger partial charge < -0.3 is 10.6 Å². The second kappa shape index (κ2) is 10.3. The minimum absolute atomic E-state index is 0.0589. The van der Waals surface area contributed by atoms with Crippen LogP contribution in [0.1, 0.15) is 36.0 Å². The molecule has 3 N–H and O–H groups in total. The van der Waals surface area contributed by atoms with E-state index in [0.717, 1.165) is 36.8 Å². The first-order chi connectivity index (χ1) is 14.7. The van der Waals surface area contributed by atoms with Crippen molar-refractivity contribution in [2.45, 2.75) is 43.9 Å². The number of rotatable bonds is 8. The van der Waals surface area contributed by atoms with E-state index >= 15 is 0 Å². The molecular formula is C22H26ClN3O4S. The first-order valence-electron chi connectivity index (χ1n) is 10.2. The molecule has 0 saturated heterocycles. The van der Waals surface area contributed by atoms with Gasteiger partial charge in [-0.05, 0) is 73.6 Å². The van der Waals surface area contributed by atoms with E-state index in [9.17, 15) is 18.0 Å². The molecule has 0 spiro atoms. The van der Waals surface area contributed by atoms with E-state index in [-0.39, 0.29) is 24.4 Å². The number of amides is 2. The first-order valence-corrected chi connectivity index (χ1v) is 12.0. The summed E-state index contributed by atoms with van der Waals surface area (Å²) in [6.45, 7) is 1.59. The fourth-order valence-corrected chi connectivity index (χ4v) is 4.81. The SMILES string of the molecule is Cc1ccc(NC(=O)CNC(=O)CCNS(=O)(=O)c2ccc3c(c2)CCCC3)c(Cl)c1. The largest absolute Gasteiger partial charge is 0.347 e. The highest BCUT2D eigenvalue weighted by atomic mass is 35.5. The van der Waals surface area contributed by atoms with Gasteiger partial charge in [0.05, 0.1) is 22.2 Å². The Kier molecular flexibility index (Phi) is 7.69. The molecule has 0 aliphatic heterocycles. The lowest BCUT2D eigenvalue weighted by Gasteiger charge is -2.16. The summed E-state index contributed by atoms with van der Waals surface area (Å²) >= 11 is 6.07. The summed E-state index contributed by atoms with van der Waals surface area (Å²) in [6, 6.07) is 10.4. The number of benzene rings is 2. The maximum absolute atomic E-state index is 12.5. The Bertz CT molecular complexity index is 1090. The van der Waals surface area contributed by atoms with Crippen LogP contribution in [0.2, 0.25) is 5.02 Å². The number of carbonyl (C=O) groups is 2. The van der Waals surface area contributed by atoms with Gasteiger partial charge in [0.2, 0.25) is 21.8 Å². The lowest BCUT2D eigenvalue weighted by Crippen LogP contribution is -2.35. The smallest absolute Gasteiger partial charge is 0.243 e. The Balaban J connectivity index is 1.43. The third kappa shape index (κ3) is 6.53. The van der Waals surface area contributed by atoms with Crippen LogP contribution >= 0.6 is 11.6 Å². The van der Waals surface area contributed by atoms with Gasteiger partial charge in [-0.15, -0.1) is 0 Å². The van der Waals surface area contributed by atoms with Crippen molar-refractivity contribution in [2.75, 3.05) is 18.4 Å². The van der Waals surface area contributed by atoms with Crippen LogP contribution in [0, 0.1) is 6.92 Å². The molecule has 0 saturated carbocycles. The number of hydrogen-bond donors (Lipinski definition) is 3. The molecule has 31 heavy (non-hydrogen) atoms. The average molecular weight is 464 g/mol. The molecule has 2 aromatic rings. The van der Waals surface area contributed by atoms with Crippen LogP contribution in [-0.4, -0.2) is 33.3 Å². The Morgan fingerprint density at radius 2 is 1.74 bits per heavy atom. The molecule has 0 aromatic heterocycles. The average Bonchev–Trinajstić information content (AvgIpc) is 2.74. The number of hydrogen-bond acceptors (Lipinski definition) is 4. The molecule has 1 aliphatic carbocycles. The molecule has 166 valence electrons. The van der Waals surface area contributed by atoms with Crippen LogP contribution in [0.15, 0.2) is 41.3 Å². The van der Waals surface area contributed by atoms with Crippen LogP contribution in [-0.2, 0) is 32.5 Å². The summed E-state index contributed by atoms with van der Waals surface area (Å²) in [6.07, 6.45) is 3.98. The van der Waals surface area contributed by atoms with Crippen molar-refractivity contribution in [1.29, 1.82) is 0 Å². The number of nitrogens with one attached hydrogen (secondary N) is 3. The lowest BCUT2D eigenvalue weighted by atomic mass is 9.92. The number of halogens is 1. The molecule has 0 fully saturated rings. The molecule has 0 bridgehead atoms. The summed E-state index contributed by atoms with van der Waals surface area (Å²) in [5, 5.41) is 5.51. The van der Waals surface area contributed by atoms with Gasteiger partial charge in [-0.3, -0.25) is 9.59 Å². The van der Waals surface area contributed by atoms with Gasteiger partial charge in [-0.25, -0.2) is 13.1 Å². The Morgan fingerprint density at radius 3 is 2.48 bits per heavy atom. The highest BCUT2D eigenvalue weighted by molar-refractivity contribution is 7.89. The quantitative estimate of drug-likeness (QED) is 0.559. The third-order valence-electron chi connectivity index (χ3n) is 5.12. The van der Waals surface area contributed by atoms with Crippen molar-refractivity contribution >= 4 is 39.1 Å². The number of fused-ring (bicyclic) bond motifs is 1. The lowest BCUT2D eigenvalue weighted by molar-refractivity contribution is -0.124. The molecule has 0 atom stereocenters. The Hall–Kier alpha value is -2.42. The second-order valence-electron chi connectivity index (χ2n) is 7.59. The van der Waals surface area contributed by atoms with Crippen molar-refractivity contribution in [3.63, 3.8) is 0 Å². The second-order valence-corrected chi connectivity index (χ2v) is 9.77. The normalized spacial score (nSPS) is 13.4. The van der Waals surface area contributed by atoms with Gasteiger partial charge in [0.15, 0.2) is 0 Å². The Labute approximate surface area is 187 Å². The van der Waals surface area contributed by atoms with Crippen molar-refractivity contribution < 1.29 is 18.0 Å². The molecule has 7 nitrogen and oxygen atoms in total. The van der Waals surface area contributed by atoms with Crippen LogP contribution in [0.4, 0.5) is 5.69 Å². The fraction of sp³-hybridized carbons (Fsp3) is 0.364. The minimum Gasteiger partial charge on any atom is -0.347 e. The topological polar surface area (TPSA) is 104 Å². The molecule has 0 unspecified atom stereocenters. The third-order valence-corrected chi connectivity index (χ3v) is 6.89. The highest BCUT2D eigenvalue weighted by Gasteiger charge is 2.18. The zero-order valence-corrected chi connectivity index (χ0v) is 18.9. The van der Waals surface area contributed by atoms with Gasteiger partial charge in [0.1, 0.15) is 0 Å². The van der Waals surface area contributed by atoms with Gasteiger partial charge in [-0.2, -0.15) is 0 Å². The summed E-state index contributed by atoms with van der Waals surface area (Å²) in [5.74, 6) is -0.855. The number of aryl methyl sites for hydroxylation is 3. The van der Waals surface area contributed by atoms with Gasteiger partial charge in [-0.1, -0.05) is 23.7 Å². The fourth-order valence-electron chi connectivity index (χ4n) is 3.44. The van der Waals surface area contributed by atoms with Crippen molar-refractivity contribution in [3.8, 4) is 0 Å². The first kappa shape index (κ1) is 23.2. The molecule has 0 radical (unpaired) electrons. The van der Waals surface area contributed by atoms with Crippen LogP contribution in [0.25, 0.3) is 0 Å². The maximum atomic E-state index is 12.5. The molecule has 3 rings (SSSR count). The van der Waals surface area contributed by atoms with Crippen LogP contribution < -0.4 is 15.4 Å². The summed E-state index contributed by atoms with van der Waals surface area (Å²) in [7, 11) is -3.69. The summed E-state index contributed by atoms with van der Waals surface area (Å²) < 4.78 is 27.5. The van der Waals surface area contributed by atoms with Crippen molar-refractivity contribution in [1.82, 2.24) is 10.0 Å². The number of anilines is 1. The zero-order valence-electron chi connectivity index (χ0n) is 17.3. The number of carbonyl (C=O) groups excluding carboxylic acids is 2. The van der Waals surface area contributed by atoms with E-state index in [1.165, 1.54) is 5.56 Å². The minimum atomic E-state index is -3.69. The van der Waals surface area contributed by atoms with Crippen LogP contribution in [0.3, 0.4) is 0 Å². The highest BCUT2D eigenvalue weighted by Crippen LogP contribution is 2.24. The van der Waals surface area contributed by atoms with E-state index in [4.69, 9.17) is 11.6 Å². The van der Waals surface area contributed by atoms with Crippen LogP contribution in [0.5, 0.6) is 0 Å². The van der Waals surface area contributed by atoms with E-state index < -0.39 is 21.8 Å². The predicted octanol–water partition coefficient (Wildman–Crippen LogP) is 2.95. The Morgan fingerprint density at radius 1 is 1.00 bits per heavy atom. The zero-order chi connectivity index (χ0) is 22.4. The number of sulfonamides is 1. The standard InChI is InChI=1S/C22H26ClN3O4S/c1-15-6-9-20(19(23)12-15)26-22(28)14-24-21(27)10-11-25-31(29,30)18-8-7-16-4-2-3-5-17(16)13-18/h6-9,12-13,25H,2-5,10-11,14H2,1H3,(H,24,27)(H,26,28). The monoisotopic (exact) mass is 463 g/mol. The summed E-state index contributed by atoms with van der Waals surface area (Å²) in [4.78, 5) is 24.2. The molecular weight excluding hydrogens is 438 g/mol. The van der Waals surface area contributed by atoms with E-state index in [2.05, 4.69) is 15.4 Å². The van der Waals surface area contributed by atoms with E-state index in [0.29, 0.717) is 10.7 Å². The van der Waals surface area contributed by atoms with Gasteiger partial charge >= 0.3 is 0 Å². The molecule has 2 amide bonds. The van der Waals surface area contributed by atoms with E-state index in [1.807, 2.05) is 19.1 Å². The molecule has 9 heteroatoms. The molecule has 2 aromatic carbocycles. The van der Waals surface area contributed by atoms with Crippen molar-refractivity contribution in [2.24, 2.45) is 0 Å².